The number of aromatic nitrogens is 1. The Labute approximate surface area is 148 Å². The molecule has 0 aliphatic heterocycles. The van der Waals surface area contributed by atoms with Gasteiger partial charge in [0.05, 0.1) is 5.52 Å². The summed E-state index contributed by atoms with van der Waals surface area (Å²) in [4.78, 5) is 16.3. The molecule has 2 aliphatic rings. The maximum absolute atomic E-state index is 13.7. The Morgan fingerprint density at radius 3 is 2.60 bits per heavy atom. The van der Waals surface area contributed by atoms with Gasteiger partial charge >= 0.3 is 0 Å². The lowest BCUT2D eigenvalue weighted by Gasteiger charge is -2.20. The van der Waals surface area contributed by atoms with E-state index in [1.54, 1.807) is 19.2 Å². The van der Waals surface area contributed by atoms with Gasteiger partial charge in [0.1, 0.15) is 5.82 Å². The van der Waals surface area contributed by atoms with E-state index in [0.29, 0.717) is 23.7 Å². The van der Waals surface area contributed by atoms with Gasteiger partial charge in [-0.25, -0.2) is 4.39 Å². The predicted octanol–water partition coefficient (Wildman–Crippen LogP) is 4.28. The number of carbonyl (C=O) groups excluding carboxylic acids is 1. The second-order valence-corrected chi connectivity index (χ2v) is 7.88. The maximum atomic E-state index is 13.7. The van der Waals surface area contributed by atoms with E-state index in [-0.39, 0.29) is 17.6 Å². The van der Waals surface area contributed by atoms with Crippen LogP contribution >= 0.6 is 0 Å². The summed E-state index contributed by atoms with van der Waals surface area (Å²) in [6.45, 7) is 2.06. The standard InChI is InChI=1S/C21H25FN2O/c1-12(21(25)23-2)13-7-14-9-16(10-15(14)8-13)18-5-6-24-20-4-3-17(22)11-19(18)20/h3-6,11-16H,7-10H2,1-2H3,(H,23,25). The van der Waals surface area contributed by atoms with Crippen LogP contribution in [0.1, 0.15) is 44.1 Å². The number of carbonyl (C=O) groups is 1. The molecule has 2 fully saturated rings. The molecule has 0 radical (unpaired) electrons. The maximum Gasteiger partial charge on any atom is 0.222 e. The van der Waals surface area contributed by atoms with E-state index in [0.717, 1.165) is 36.6 Å². The van der Waals surface area contributed by atoms with Crippen LogP contribution in [0.25, 0.3) is 10.9 Å². The van der Waals surface area contributed by atoms with Crippen molar-refractivity contribution < 1.29 is 9.18 Å². The van der Waals surface area contributed by atoms with Gasteiger partial charge < -0.3 is 5.32 Å². The van der Waals surface area contributed by atoms with Crippen molar-refractivity contribution in [3.8, 4) is 0 Å². The first-order chi connectivity index (χ1) is 12.1. The molecule has 4 heteroatoms. The third kappa shape index (κ3) is 2.92. The lowest BCUT2D eigenvalue weighted by molar-refractivity contribution is -0.125. The third-order valence-electron chi connectivity index (χ3n) is 6.60. The number of pyridine rings is 1. The molecule has 3 unspecified atom stereocenters. The molecule has 1 aromatic heterocycles. The van der Waals surface area contributed by atoms with Gasteiger partial charge in [-0.15, -0.1) is 0 Å². The molecule has 0 saturated heterocycles. The second kappa shape index (κ2) is 6.40. The van der Waals surface area contributed by atoms with Gasteiger partial charge in [0.25, 0.3) is 0 Å². The number of nitrogens with one attached hydrogen (secondary N) is 1. The largest absolute Gasteiger partial charge is 0.359 e. The van der Waals surface area contributed by atoms with Gasteiger partial charge in [-0.3, -0.25) is 9.78 Å². The number of halogens is 1. The first kappa shape index (κ1) is 16.5. The molecule has 25 heavy (non-hydrogen) atoms. The van der Waals surface area contributed by atoms with Crippen LogP contribution in [0.4, 0.5) is 4.39 Å². The molecular weight excluding hydrogens is 315 g/mol. The van der Waals surface area contributed by atoms with E-state index in [9.17, 15) is 9.18 Å². The van der Waals surface area contributed by atoms with Gasteiger partial charge in [-0.2, -0.15) is 0 Å². The summed E-state index contributed by atoms with van der Waals surface area (Å²) in [5.41, 5.74) is 2.12. The minimum atomic E-state index is -0.195. The van der Waals surface area contributed by atoms with Gasteiger partial charge in [0.2, 0.25) is 5.91 Å². The normalized spacial score (nSPS) is 29.6. The molecule has 3 atom stereocenters. The third-order valence-corrected chi connectivity index (χ3v) is 6.60. The summed E-state index contributed by atoms with van der Waals surface area (Å²) in [7, 11) is 1.72. The molecular formula is C21H25FN2O. The minimum Gasteiger partial charge on any atom is -0.359 e. The molecule has 1 heterocycles. The molecule has 0 spiro atoms. The lowest BCUT2D eigenvalue weighted by Crippen LogP contribution is -2.30. The SMILES string of the molecule is CNC(=O)C(C)C1CC2CC(c3ccnc4ccc(F)cc34)CC2C1. The van der Waals surface area contributed by atoms with Crippen LogP contribution < -0.4 is 5.32 Å². The van der Waals surface area contributed by atoms with E-state index in [1.165, 1.54) is 11.6 Å². The van der Waals surface area contributed by atoms with Crippen LogP contribution in [0, 0.1) is 29.5 Å². The van der Waals surface area contributed by atoms with Crippen molar-refractivity contribution in [1.29, 1.82) is 0 Å². The first-order valence-electron chi connectivity index (χ1n) is 9.32. The van der Waals surface area contributed by atoms with Gasteiger partial charge in [-0.05, 0) is 79.2 Å². The molecule has 4 rings (SSSR count). The van der Waals surface area contributed by atoms with Crippen molar-refractivity contribution in [2.75, 3.05) is 7.05 Å². The molecule has 3 nitrogen and oxygen atoms in total. The number of benzene rings is 1. The Hall–Kier alpha value is -1.97. The number of hydrogen-bond donors (Lipinski definition) is 1. The van der Waals surface area contributed by atoms with Crippen molar-refractivity contribution in [2.45, 2.75) is 38.5 Å². The summed E-state index contributed by atoms with van der Waals surface area (Å²) in [5, 5.41) is 3.75. The van der Waals surface area contributed by atoms with Crippen molar-refractivity contribution in [3.05, 3.63) is 41.8 Å². The number of hydrogen-bond acceptors (Lipinski definition) is 2. The van der Waals surface area contributed by atoms with Crippen LogP contribution in [0.15, 0.2) is 30.5 Å². The summed E-state index contributed by atoms with van der Waals surface area (Å²) in [6, 6.07) is 6.94. The molecule has 0 bridgehead atoms. The molecule has 2 aromatic rings. The highest BCUT2D eigenvalue weighted by Crippen LogP contribution is 2.54. The zero-order chi connectivity index (χ0) is 17.6. The van der Waals surface area contributed by atoms with E-state index >= 15 is 0 Å². The topological polar surface area (TPSA) is 42.0 Å². The fourth-order valence-electron chi connectivity index (χ4n) is 5.26. The van der Waals surface area contributed by atoms with E-state index in [2.05, 4.69) is 23.3 Å². The molecule has 2 saturated carbocycles. The number of fused-ring (bicyclic) bond motifs is 2. The average molecular weight is 340 g/mol. The van der Waals surface area contributed by atoms with E-state index in [1.807, 2.05) is 6.20 Å². The number of rotatable bonds is 3. The quantitative estimate of drug-likeness (QED) is 0.906. The van der Waals surface area contributed by atoms with Crippen molar-refractivity contribution in [2.24, 2.45) is 23.7 Å². The van der Waals surface area contributed by atoms with Crippen LogP contribution in [0.3, 0.4) is 0 Å². The van der Waals surface area contributed by atoms with Crippen molar-refractivity contribution >= 4 is 16.8 Å². The first-order valence-corrected chi connectivity index (χ1v) is 9.32. The Morgan fingerprint density at radius 1 is 1.20 bits per heavy atom. The van der Waals surface area contributed by atoms with Gasteiger partial charge in [0.15, 0.2) is 0 Å². The summed E-state index contributed by atoms with van der Waals surface area (Å²) in [5.74, 6) is 2.44. The van der Waals surface area contributed by atoms with Gasteiger partial charge in [-0.1, -0.05) is 6.92 Å². The van der Waals surface area contributed by atoms with Crippen LogP contribution in [0.2, 0.25) is 0 Å². The average Bonchev–Trinajstić information content (AvgIpc) is 3.18. The summed E-state index contributed by atoms with van der Waals surface area (Å²) >= 11 is 0. The smallest absolute Gasteiger partial charge is 0.222 e. The Bertz CT molecular complexity index is 792. The van der Waals surface area contributed by atoms with E-state index < -0.39 is 0 Å². The number of amides is 1. The second-order valence-electron chi connectivity index (χ2n) is 7.88. The molecule has 132 valence electrons. The highest BCUT2D eigenvalue weighted by atomic mass is 19.1. The highest BCUT2D eigenvalue weighted by molar-refractivity contribution is 5.82. The van der Waals surface area contributed by atoms with Crippen LogP contribution in [0.5, 0.6) is 0 Å². The fourth-order valence-corrected chi connectivity index (χ4v) is 5.26. The summed E-state index contributed by atoms with van der Waals surface area (Å²) < 4.78 is 13.7. The molecule has 1 N–H and O–H groups in total. The zero-order valence-corrected chi connectivity index (χ0v) is 14.8. The molecule has 1 amide bonds. The predicted molar refractivity (Wildman–Crippen MR) is 96.6 cm³/mol. The zero-order valence-electron chi connectivity index (χ0n) is 14.8. The van der Waals surface area contributed by atoms with Crippen LogP contribution in [-0.2, 0) is 4.79 Å². The van der Waals surface area contributed by atoms with E-state index in [4.69, 9.17) is 0 Å². The lowest BCUT2D eigenvalue weighted by atomic mass is 9.86. The fraction of sp³-hybridized carbons (Fsp3) is 0.524. The highest BCUT2D eigenvalue weighted by Gasteiger charge is 2.44. The van der Waals surface area contributed by atoms with Crippen molar-refractivity contribution in [3.63, 3.8) is 0 Å². The molecule has 1 aromatic carbocycles. The minimum absolute atomic E-state index is 0.102. The Kier molecular flexibility index (Phi) is 4.22. The monoisotopic (exact) mass is 340 g/mol. The van der Waals surface area contributed by atoms with Gasteiger partial charge in [0, 0.05) is 24.5 Å². The number of nitrogens with zero attached hydrogens (tertiary/aromatic N) is 1. The summed E-state index contributed by atoms with van der Waals surface area (Å²) in [6.07, 6.45) is 6.44. The Morgan fingerprint density at radius 2 is 1.92 bits per heavy atom. The van der Waals surface area contributed by atoms with Crippen molar-refractivity contribution in [1.82, 2.24) is 10.3 Å². The molecule has 2 aliphatic carbocycles. The van der Waals surface area contributed by atoms with Crippen LogP contribution in [-0.4, -0.2) is 17.9 Å². The Balaban J connectivity index is 1.52.